The second-order valence-electron chi connectivity index (χ2n) is 4.07. The summed E-state index contributed by atoms with van der Waals surface area (Å²) in [6.07, 6.45) is 1.99. The molecule has 0 radical (unpaired) electrons. The number of hydrogen-bond acceptors (Lipinski definition) is 6. The fraction of sp³-hybridized carbons (Fsp3) is 0.700. The average molecular weight is 273 g/mol. The van der Waals surface area contributed by atoms with Gasteiger partial charge in [0.25, 0.3) is 0 Å². The number of likely N-dealkylation sites (N-methyl/N-ethyl adjacent to an activating group) is 1. The molecule has 0 amide bonds. The number of nitrogens with zero attached hydrogens (tertiary/aromatic N) is 2. The van der Waals surface area contributed by atoms with E-state index >= 15 is 0 Å². The first-order valence-electron chi connectivity index (χ1n) is 5.56. The molecule has 5 nitrogen and oxygen atoms in total. The zero-order valence-corrected chi connectivity index (χ0v) is 11.2. The average Bonchev–Trinajstić information content (AvgIpc) is 3.02. The Hall–Kier alpha value is -0.660. The molecular weight excluding hydrogens is 258 g/mol. The van der Waals surface area contributed by atoms with E-state index in [0.29, 0.717) is 12.3 Å². The Morgan fingerprint density at radius 3 is 3.00 bits per heavy atom. The van der Waals surface area contributed by atoms with Gasteiger partial charge >= 0.3 is 5.97 Å². The van der Waals surface area contributed by atoms with Crippen molar-refractivity contribution in [2.24, 2.45) is 5.92 Å². The van der Waals surface area contributed by atoms with Crippen molar-refractivity contribution in [3.8, 4) is 0 Å². The van der Waals surface area contributed by atoms with Crippen molar-refractivity contribution in [2.45, 2.75) is 29.6 Å². The van der Waals surface area contributed by atoms with E-state index in [4.69, 9.17) is 0 Å². The van der Waals surface area contributed by atoms with E-state index in [-0.39, 0.29) is 5.92 Å². The van der Waals surface area contributed by atoms with Gasteiger partial charge in [-0.2, -0.15) is 0 Å². The molecule has 2 N–H and O–H groups in total. The monoisotopic (exact) mass is 273 g/mol. The minimum absolute atomic E-state index is 0.250. The van der Waals surface area contributed by atoms with E-state index < -0.39 is 11.5 Å². The van der Waals surface area contributed by atoms with Crippen LogP contribution in [0.2, 0.25) is 0 Å². The van der Waals surface area contributed by atoms with Crippen LogP contribution in [0.4, 0.5) is 0 Å². The number of aliphatic carboxylic acids is 1. The second kappa shape index (κ2) is 5.32. The molecule has 1 aromatic heterocycles. The molecular formula is C10H15N3O2S2. The predicted molar refractivity (Wildman–Crippen MR) is 67.4 cm³/mol. The van der Waals surface area contributed by atoms with E-state index in [1.54, 1.807) is 5.51 Å². The maximum atomic E-state index is 11.5. The van der Waals surface area contributed by atoms with Crippen LogP contribution in [0.1, 0.15) is 19.8 Å². The van der Waals surface area contributed by atoms with E-state index in [0.717, 1.165) is 17.2 Å². The van der Waals surface area contributed by atoms with Crippen LogP contribution in [0.25, 0.3) is 0 Å². The molecule has 1 aromatic rings. The molecule has 7 heteroatoms. The highest BCUT2D eigenvalue weighted by Crippen LogP contribution is 2.42. The van der Waals surface area contributed by atoms with Crippen molar-refractivity contribution in [1.29, 1.82) is 0 Å². The Morgan fingerprint density at radius 1 is 1.76 bits per heavy atom. The molecule has 2 rings (SSSR count). The molecule has 0 bridgehead atoms. The molecule has 1 heterocycles. The van der Waals surface area contributed by atoms with Crippen LogP contribution < -0.4 is 5.32 Å². The van der Waals surface area contributed by atoms with Gasteiger partial charge in [0.05, 0.1) is 0 Å². The smallest absolute Gasteiger partial charge is 0.325 e. The Kier molecular flexibility index (Phi) is 4.01. The summed E-state index contributed by atoms with van der Waals surface area (Å²) in [6, 6.07) is 0. The van der Waals surface area contributed by atoms with Crippen LogP contribution in [0.3, 0.4) is 0 Å². The molecule has 1 aliphatic rings. The third-order valence-corrected chi connectivity index (χ3v) is 4.96. The minimum atomic E-state index is -0.801. The normalized spacial score (nSPS) is 18.9. The molecule has 0 spiro atoms. The topological polar surface area (TPSA) is 75.1 Å². The molecule has 17 heavy (non-hydrogen) atoms. The Bertz CT molecular complexity index is 381. The van der Waals surface area contributed by atoms with Gasteiger partial charge in [-0.05, 0) is 25.3 Å². The molecule has 1 atom stereocenters. The molecule has 1 saturated carbocycles. The Morgan fingerprint density at radius 2 is 2.53 bits per heavy atom. The number of carboxylic acid groups (broad SMARTS) is 1. The molecule has 1 aliphatic carbocycles. The van der Waals surface area contributed by atoms with Crippen molar-refractivity contribution in [2.75, 3.05) is 12.3 Å². The first kappa shape index (κ1) is 12.8. The fourth-order valence-electron chi connectivity index (χ4n) is 1.92. The Balaban J connectivity index is 2.06. The Labute approximate surface area is 108 Å². The van der Waals surface area contributed by atoms with Gasteiger partial charge in [0.15, 0.2) is 4.34 Å². The molecule has 1 fully saturated rings. The number of carboxylic acids is 1. The summed E-state index contributed by atoms with van der Waals surface area (Å²) in [5, 5.41) is 20.3. The largest absolute Gasteiger partial charge is 0.480 e. The lowest BCUT2D eigenvalue weighted by atomic mass is 9.96. The standard InChI is InChI=1S/C10H15N3O2S2/c1-2-11-10(8(14)15,7-3-4-7)5-16-9-13-12-6-17-9/h6-7,11H,2-5H2,1H3,(H,14,15). The summed E-state index contributed by atoms with van der Waals surface area (Å²) in [7, 11) is 0. The predicted octanol–water partition coefficient (Wildman–Crippen LogP) is 1.47. The van der Waals surface area contributed by atoms with Gasteiger partial charge in [-0.25, -0.2) is 0 Å². The first-order valence-corrected chi connectivity index (χ1v) is 7.43. The van der Waals surface area contributed by atoms with Crippen molar-refractivity contribution < 1.29 is 9.90 Å². The number of carbonyl (C=O) groups is 1. The van der Waals surface area contributed by atoms with Crippen LogP contribution in [0.5, 0.6) is 0 Å². The maximum Gasteiger partial charge on any atom is 0.325 e. The van der Waals surface area contributed by atoms with Crippen LogP contribution in [-0.4, -0.2) is 39.1 Å². The first-order chi connectivity index (χ1) is 8.19. The molecule has 0 saturated heterocycles. The summed E-state index contributed by atoms with van der Waals surface area (Å²) < 4.78 is 0.828. The number of rotatable bonds is 7. The highest BCUT2D eigenvalue weighted by molar-refractivity contribution is 8.01. The minimum Gasteiger partial charge on any atom is -0.480 e. The highest BCUT2D eigenvalue weighted by atomic mass is 32.2. The van der Waals surface area contributed by atoms with Crippen LogP contribution in [0.15, 0.2) is 9.85 Å². The van der Waals surface area contributed by atoms with Crippen molar-refractivity contribution >= 4 is 29.1 Å². The number of nitrogens with one attached hydrogen (secondary N) is 1. The van der Waals surface area contributed by atoms with Gasteiger partial charge in [-0.1, -0.05) is 30.0 Å². The highest BCUT2D eigenvalue weighted by Gasteiger charge is 2.50. The van der Waals surface area contributed by atoms with Gasteiger partial charge in [0.1, 0.15) is 11.0 Å². The van der Waals surface area contributed by atoms with Gasteiger partial charge in [-0.15, -0.1) is 10.2 Å². The molecule has 94 valence electrons. The molecule has 0 aliphatic heterocycles. The van der Waals surface area contributed by atoms with E-state index in [9.17, 15) is 9.90 Å². The zero-order valence-electron chi connectivity index (χ0n) is 9.55. The SMILES string of the molecule is CCNC(CSc1nncs1)(C(=O)O)C1CC1. The van der Waals surface area contributed by atoms with Crippen LogP contribution >= 0.6 is 23.1 Å². The van der Waals surface area contributed by atoms with Crippen molar-refractivity contribution in [3.63, 3.8) is 0 Å². The van der Waals surface area contributed by atoms with Crippen molar-refractivity contribution in [3.05, 3.63) is 5.51 Å². The number of thioether (sulfide) groups is 1. The van der Waals surface area contributed by atoms with Gasteiger partial charge in [-0.3, -0.25) is 4.79 Å². The van der Waals surface area contributed by atoms with E-state index in [1.165, 1.54) is 23.1 Å². The van der Waals surface area contributed by atoms with Crippen LogP contribution in [-0.2, 0) is 4.79 Å². The summed E-state index contributed by atoms with van der Waals surface area (Å²) in [6.45, 7) is 2.61. The third kappa shape index (κ3) is 2.78. The van der Waals surface area contributed by atoms with E-state index in [1.807, 2.05) is 6.92 Å². The molecule has 0 aromatic carbocycles. The van der Waals surface area contributed by atoms with E-state index in [2.05, 4.69) is 15.5 Å². The van der Waals surface area contributed by atoms with Gasteiger partial charge in [0, 0.05) is 5.75 Å². The number of hydrogen-bond donors (Lipinski definition) is 2. The zero-order chi connectivity index (χ0) is 12.3. The summed E-state index contributed by atoms with van der Waals surface area (Å²) in [4.78, 5) is 11.5. The lowest BCUT2D eigenvalue weighted by Crippen LogP contribution is -2.56. The third-order valence-electron chi connectivity index (χ3n) is 2.91. The maximum absolute atomic E-state index is 11.5. The molecule has 1 unspecified atom stereocenters. The summed E-state index contributed by atoms with van der Waals surface area (Å²) in [5.41, 5.74) is 0.861. The summed E-state index contributed by atoms with van der Waals surface area (Å²) in [5.74, 6) is 0.00925. The lowest BCUT2D eigenvalue weighted by Gasteiger charge is -2.29. The summed E-state index contributed by atoms with van der Waals surface area (Å²) >= 11 is 2.92. The number of aromatic nitrogens is 2. The quantitative estimate of drug-likeness (QED) is 0.733. The van der Waals surface area contributed by atoms with Crippen molar-refractivity contribution in [1.82, 2.24) is 15.5 Å². The fourth-order valence-corrected chi connectivity index (χ4v) is 3.69. The van der Waals surface area contributed by atoms with Gasteiger partial charge < -0.3 is 10.4 Å². The van der Waals surface area contributed by atoms with Crippen LogP contribution in [0, 0.1) is 5.92 Å². The lowest BCUT2D eigenvalue weighted by molar-refractivity contribution is -0.144. The second-order valence-corrected chi connectivity index (χ2v) is 6.13. The van der Waals surface area contributed by atoms with Gasteiger partial charge in [0.2, 0.25) is 0 Å².